The lowest BCUT2D eigenvalue weighted by Crippen LogP contribution is -2.43. The number of ether oxygens (including phenoxy) is 1. The molecule has 2 atom stereocenters. The summed E-state index contributed by atoms with van der Waals surface area (Å²) in [6.07, 6.45) is 6.94. The smallest absolute Gasteiger partial charge is 0.360 e. The van der Waals surface area contributed by atoms with Gasteiger partial charge >= 0.3 is 5.97 Å². The second-order valence-electron chi connectivity index (χ2n) is 8.42. The van der Waals surface area contributed by atoms with Gasteiger partial charge in [-0.1, -0.05) is 71.4 Å². The average Bonchev–Trinajstić information content (AvgIpc) is 3.52. The highest BCUT2D eigenvalue weighted by atomic mass is 35.5. The van der Waals surface area contributed by atoms with Gasteiger partial charge < -0.3 is 10.1 Å². The zero-order chi connectivity index (χ0) is 24.6. The molecular formula is C26H28ClN5O3. The van der Waals surface area contributed by atoms with Gasteiger partial charge in [0, 0.05) is 24.7 Å². The van der Waals surface area contributed by atoms with Crippen LogP contribution in [0.2, 0.25) is 5.02 Å². The molecule has 1 N–H and O–H groups in total. The van der Waals surface area contributed by atoms with Crippen LogP contribution in [0.3, 0.4) is 0 Å². The molecule has 1 aromatic heterocycles. The molecule has 8 nitrogen and oxygen atoms in total. The molecule has 3 aromatic rings. The van der Waals surface area contributed by atoms with Crippen LogP contribution >= 0.6 is 11.6 Å². The van der Waals surface area contributed by atoms with E-state index in [0.29, 0.717) is 37.5 Å². The van der Waals surface area contributed by atoms with Crippen LogP contribution in [0.4, 0.5) is 0 Å². The molecule has 1 aliphatic rings. The van der Waals surface area contributed by atoms with Gasteiger partial charge in [-0.2, -0.15) is 0 Å². The van der Waals surface area contributed by atoms with Gasteiger partial charge in [0.15, 0.2) is 5.69 Å². The van der Waals surface area contributed by atoms with Gasteiger partial charge in [0.2, 0.25) is 5.91 Å². The van der Waals surface area contributed by atoms with E-state index in [2.05, 4.69) is 26.6 Å². The van der Waals surface area contributed by atoms with Gasteiger partial charge in [-0.05, 0) is 36.1 Å². The first-order chi connectivity index (χ1) is 17.0. The maximum Gasteiger partial charge on any atom is 0.360 e. The van der Waals surface area contributed by atoms with Gasteiger partial charge in [-0.25, -0.2) is 9.48 Å². The molecule has 2 heterocycles. The molecule has 9 heteroatoms. The predicted molar refractivity (Wildman–Crippen MR) is 134 cm³/mol. The van der Waals surface area contributed by atoms with E-state index in [0.717, 1.165) is 11.1 Å². The Morgan fingerprint density at radius 2 is 2.03 bits per heavy atom. The Morgan fingerprint density at radius 1 is 1.20 bits per heavy atom. The second kappa shape index (κ2) is 11.8. The first-order valence-electron chi connectivity index (χ1n) is 11.5. The lowest BCUT2D eigenvalue weighted by Gasteiger charge is -2.22. The summed E-state index contributed by atoms with van der Waals surface area (Å²) in [6, 6.07) is 17.3. The van der Waals surface area contributed by atoms with E-state index in [4.69, 9.17) is 16.3 Å². The lowest BCUT2D eigenvalue weighted by atomic mass is 10.1. The topological polar surface area (TPSA) is 89.4 Å². The third-order valence-electron chi connectivity index (χ3n) is 6.01. The number of carbonyl (C=O) groups excluding carboxylic acids is 2. The van der Waals surface area contributed by atoms with Crippen molar-refractivity contribution >= 4 is 29.6 Å². The Morgan fingerprint density at radius 3 is 2.80 bits per heavy atom. The number of nitrogens with zero attached hydrogens (tertiary/aromatic N) is 4. The maximum atomic E-state index is 13.2. The predicted octanol–water partition coefficient (Wildman–Crippen LogP) is 3.41. The highest BCUT2D eigenvalue weighted by Gasteiger charge is 2.37. The van der Waals surface area contributed by atoms with Gasteiger partial charge in [0.25, 0.3) is 0 Å². The molecule has 2 aromatic carbocycles. The van der Waals surface area contributed by atoms with Gasteiger partial charge in [-0.3, -0.25) is 9.69 Å². The number of halogens is 1. The van der Waals surface area contributed by atoms with E-state index in [1.165, 1.54) is 7.11 Å². The number of hydrogen-bond acceptors (Lipinski definition) is 6. The zero-order valence-electron chi connectivity index (χ0n) is 19.5. The summed E-state index contributed by atoms with van der Waals surface area (Å²) < 4.78 is 6.38. The Kier molecular flexibility index (Phi) is 8.28. The largest absolute Gasteiger partial charge is 0.464 e. The molecule has 4 rings (SSSR count). The number of esters is 1. The Balaban J connectivity index is 1.42. The van der Waals surface area contributed by atoms with Crippen LogP contribution in [0.25, 0.3) is 6.08 Å². The van der Waals surface area contributed by atoms with E-state index in [1.54, 1.807) is 10.9 Å². The van der Waals surface area contributed by atoms with E-state index in [1.807, 2.05) is 60.7 Å². The molecule has 0 aliphatic carbocycles. The molecule has 0 unspecified atom stereocenters. The third kappa shape index (κ3) is 6.55. The van der Waals surface area contributed by atoms with Crippen LogP contribution < -0.4 is 5.32 Å². The number of methoxy groups -OCH3 is 1. The summed E-state index contributed by atoms with van der Waals surface area (Å²) in [6.45, 7) is 1.73. The number of nitrogens with one attached hydrogen (secondary N) is 1. The first kappa shape index (κ1) is 24.6. The van der Waals surface area contributed by atoms with Gasteiger partial charge in [-0.15, -0.1) is 5.10 Å². The summed E-state index contributed by atoms with van der Waals surface area (Å²) in [7, 11) is 1.31. The molecule has 0 spiro atoms. The van der Waals surface area contributed by atoms with Gasteiger partial charge in [0.1, 0.15) is 0 Å². The number of hydrogen-bond donors (Lipinski definition) is 1. The van der Waals surface area contributed by atoms with E-state index < -0.39 is 5.97 Å². The van der Waals surface area contributed by atoms with Crippen molar-refractivity contribution in [3.05, 3.63) is 88.7 Å². The van der Waals surface area contributed by atoms with Crippen molar-refractivity contribution in [1.29, 1.82) is 0 Å². The standard InChI is InChI=1S/C26H28ClN5O3/c1-35-26(34)23-18-32(30-29-23)22-16-24(25(33)28-13-12-20-9-5-11-21(27)15-20)31(17-22)14-6-10-19-7-3-2-4-8-19/h2-11,15,18,22,24H,12-14,16-17H2,1H3,(H,28,33)/t22-,24-/m0/s1. The normalized spacial score (nSPS) is 18.1. The van der Waals surface area contributed by atoms with Crippen molar-refractivity contribution < 1.29 is 14.3 Å². The number of benzene rings is 2. The minimum Gasteiger partial charge on any atom is -0.464 e. The number of carbonyl (C=O) groups is 2. The van der Waals surface area contributed by atoms with E-state index in [-0.39, 0.29) is 23.7 Å². The molecule has 0 bridgehead atoms. The molecule has 182 valence electrons. The second-order valence-corrected chi connectivity index (χ2v) is 8.86. The monoisotopic (exact) mass is 493 g/mol. The van der Waals surface area contributed by atoms with Crippen LogP contribution in [-0.4, -0.2) is 64.6 Å². The molecule has 0 radical (unpaired) electrons. The van der Waals surface area contributed by atoms with Crippen molar-refractivity contribution in [2.24, 2.45) is 0 Å². The SMILES string of the molecule is COC(=O)c1cn([C@H]2C[C@@H](C(=O)NCCc3cccc(Cl)c3)N(CC=Cc3ccccc3)C2)nn1. The Bertz CT molecular complexity index is 1180. The number of likely N-dealkylation sites (tertiary alicyclic amines) is 1. The molecular weight excluding hydrogens is 466 g/mol. The summed E-state index contributed by atoms with van der Waals surface area (Å²) in [5.41, 5.74) is 2.32. The summed E-state index contributed by atoms with van der Waals surface area (Å²) in [5, 5.41) is 11.8. The van der Waals surface area contributed by atoms with Crippen LogP contribution in [0, 0.1) is 0 Å². The van der Waals surface area contributed by atoms with Gasteiger partial charge in [0.05, 0.1) is 25.4 Å². The fourth-order valence-electron chi connectivity index (χ4n) is 4.23. The van der Waals surface area contributed by atoms with Crippen molar-refractivity contribution in [3.8, 4) is 0 Å². The van der Waals surface area contributed by atoms with Crippen LogP contribution in [0.15, 0.2) is 66.9 Å². The minimum atomic E-state index is -0.535. The van der Waals surface area contributed by atoms with Crippen LogP contribution in [0.1, 0.15) is 34.1 Å². The zero-order valence-corrected chi connectivity index (χ0v) is 20.3. The molecule has 1 saturated heterocycles. The number of amides is 1. The van der Waals surface area contributed by atoms with Crippen LogP contribution in [-0.2, 0) is 16.0 Å². The molecule has 1 aliphatic heterocycles. The Hall–Kier alpha value is -3.49. The summed E-state index contributed by atoms with van der Waals surface area (Å²) in [4.78, 5) is 27.1. The van der Waals surface area contributed by atoms with Crippen molar-refractivity contribution in [2.45, 2.75) is 24.9 Å². The van der Waals surface area contributed by atoms with Crippen molar-refractivity contribution in [1.82, 2.24) is 25.2 Å². The Labute approximate surface area is 209 Å². The fourth-order valence-corrected chi connectivity index (χ4v) is 4.44. The maximum absolute atomic E-state index is 13.2. The lowest BCUT2D eigenvalue weighted by molar-refractivity contribution is -0.125. The van der Waals surface area contributed by atoms with E-state index in [9.17, 15) is 9.59 Å². The fraction of sp³-hybridized carbons (Fsp3) is 0.308. The first-order valence-corrected chi connectivity index (χ1v) is 11.9. The number of aromatic nitrogens is 3. The highest BCUT2D eigenvalue weighted by molar-refractivity contribution is 6.30. The summed E-state index contributed by atoms with van der Waals surface area (Å²) in [5.74, 6) is -0.567. The summed E-state index contributed by atoms with van der Waals surface area (Å²) >= 11 is 6.06. The molecule has 1 fully saturated rings. The molecule has 0 saturated carbocycles. The highest BCUT2D eigenvalue weighted by Crippen LogP contribution is 2.27. The van der Waals surface area contributed by atoms with Crippen molar-refractivity contribution in [3.63, 3.8) is 0 Å². The van der Waals surface area contributed by atoms with Crippen molar-refractivity contribution in [2.75, 3.05) is 26.7 Å². The van der Waals surface area contributed by atoms with E-state index >= 15 is 0 Å². The minimum absolute atomic E-state index is 0.0315. The third-order valence-corrected chi connectivity index (χ3v) is 6.25. The van der Waals surface area contributed by atoms with Crippen LogP contribution in [0.5, 0.6) is 0 Å². The molecule has 1 amide bonds. The quantitative estimate of drug-likeness (QED) is 0.459. The average molecular weight is 494 g/mol. The number of rotatable bonds is 9. The molecule has 35 heavy (non-hydrogen) atoms.